The van der Waals surface area contributed by atoms with Gasteiger partial charge in [-0.1, -0.05) is 30.3 Å². The number of carbonyl (C=O) groups is 2. The Balaban J connectivity index is 1.38. The van der Waals surface area contributed by atoms with E-state index in [0.29, 0.717) is 38.5 Å². The number of carbonyl (C=O) groups excluding carboxylic acids is 2. The lowest BCUT2D eigenvalue weighted by molar-refractivity contribution is 0.00490. The van der Waals surface area contributed by atoms with Crippen LogP contribution in [0, 0.1) is 11.3 Å². The molecule has 4 atom stereocenters. The standard InChI is InChI=1S/C32H43N7O5/c1-32(2,3)44-30(40)38-17-13-23-24(19-38)35-21-36-29(23)43-28(26-11-8-16-37(26)4)27-25(12-14-33)39(18-15-34-27)31(41)42-20-22-9-6-5-7-10-22/h5-7,9-10,21,25-28,34H,8,11-13,15-20H2,1-4H3/t25-,26-,27?,28?/m0/s1. The summed E-state index contributed by atoms with van der Waals surface area (Å²) in [6.45, 7) is 8.35. The molecule has 0 radical (unpaired) electrons. The Labute approximate surface area is 259 Å². The fourth-order valence-electron chi connectivity index (χ4n) is 6.32. The maximum atomic E-state index is 13.4. The molecule has 0 spiro atoms. The van der Waals surface area contributed by atoms with Crippen LogP contribution in [0.1, 0.15) is 56.9 Å². The minimum Gasteiger partial charge on any atom is -0.471 e. The zero-order chi connectivity index (χ0) is 31.3. The van der Waals surface area contributed by atoms with Crippen molar-refractivity contribution in [3.8, 4) is 11.9 Å². The number of likely N-dealkylation sites (N-methyl/N-ethyl adjacent to an activating group) is 1. The highest BCUT2D eigenvalue weighted by molar-refractivity contribution is 5.69. The number of amides is 2. The molecule has 236 valence electrons. The number of nitrogens with zero attached hydrogens (tertiary/aromatic N) is 6. The van der Waals surface area contributed by atoms with Gasteiger partial charge in [0.2, 0.25) is 5.88 Å². The minimum absolute atomic E-state index is 0.0430. The molecule has 0 saturated carbocycles. The van der Waals surface area contributed by atoms with Crippen LogP contribution in [-0.4, -0.2) is 99.9 Å². The van der Waals surface area contributed by atoms with Crippen LogP contribution in [-0.2, 0) is 29.0 Å². The number of hydrogen-bond acceptors (Lipinski definition) is 10. The summed E-state index contributed by atoms with van der Waals surface area (Å²) in [5, 5.41) is 13.4. The van der Waals surface area contributed by atoms with Crippen molar-refractivity contribution in [2.24, 2.45) is 0 Å². The van der Waals surface area contributed by atoms with E-state index in [4.69, 9.17) is 14.2 Å². The number of ether oxygens (including phenoxy) is 3. The zero-order valence-corrected chi connectivity index (χ0v) is 26.1. The smallest absolute Gasteiger partial charge is 0.410 e. The molecule has 2 fully saturated rings. The molecule has 4 heterocycles. The molecule has 44 heavy (non-hydrogen) atoms. The van der Waals surface area contributed by atoms with Crippen LogP contribution in [0.4, 0.5) is 9.59 Å². The van der Waals surface area contributed by atoms with Gasteiger partial charge in [-0.05, 0) is 59.2 Å². The number of likely N-dealkylation sites (tertiary alicyclic amines) is 1. The van der Waals surface area contributed by atoms with Crippen LogP contribution in [0.5, 0.6) is 5.88 Å². The fourth-order valence-corrected chi connectivity index (χ4v) is 6.32. The van der Waals surface area contributed by atoms with Crippen LogP contribution < -0.4 is 10.1 Å². The van der Waals surface area contributed by atoms with Gasteiger partial charge in [0.25, 0.3) is 0 Å². The van der Waals surface area contributed by atoms with Crippen molar-refractivity contribution < 1.29 is 23.8 Å². The van der Waals surface area contributed by atoms with Crippen molar-refractivity contribution >= 4 is 12.2 Å². The Bertz CT molecular complexity index is 1340. The quantitative estimate of drug-likeness (QED) is 0.500. The number of aromatic nitrogens is 2. The number of nitriles is 1. The normalized spacial score (nSPS) is 22.9. The van der Waals surface area contributed by atoms with E-state index in [1.165, 1.54) is 6.33 Å². The monoisotopic (exact) mass is 605 g/mol. The second-order valence-corrected chi connectivity index (χ2v) is 12.7. The highest BCUT2D eigenvalue weighted by Crippen LogP contribution is 2.32. The number of fused-ring (bicyclic) bond motifs is 1. The SMILES string of the molecule is CN1CCC[C@H]1C(Oc1ncnc2c1CCN(C(=O)OC(C)(C)C)C2)C1NCCN(C(=O)OCc2ccccc2)[C@H]1CC#N. The lowest BCUT2D eigenvalue weighted by Crippen LogP contribution is -2.67. The lowest BCUT2D eigenvalue weighted by atomic mass is 9.90. The van der Waals surface area contributed by atoms with Crippen LogP contribution in [0.2, 0.25) is 0 Å². The van der Waals surface area contributed by atoms with Crippen molar-refractivity contribution in [3.05, 3.63) is 53.5 Å². The molecular formula is C32H43N7O5. The van der Waals surface area contributed by atoms with Gasteiger partial charge in [0.15, 0.2) is 0 Å². The van der Waals surface area contributed by atoms with Crippen molar-refractivity contribution in [2.75, 3.05) is 33.2 Å². The maximum absolute atomic E-state index is 13.4. The largest absolute Gasteiger partial charge is 0.471 e. The molecule has 0 bridgehead atoms. The average molecular weight is 606 g/mol. The Morgan fingerprint density at radius 1 is 1.14 bits per heavy atom. The lowest BCUT2D eigenvalue weighted by Gasteiger charge is -2.45. The summed E-state index contributed by atoms with van der Waals surface area (Å²) in [7, 11) is 2.08. The molecule has 12 nitrogen and oxygen atoms in total. The minimum atomic E-state index is -0.591. The van der Waals surface area contributed by atoms with Gasteiger partial charge in [-0.25, -0.2) is 19.6 Å². The molecule has 2 saturated heterocycles. The molecule has 1 aromatic heterocycles. The summed E-state index contributed by atoms with van der Waals surface area (Å²) in [6.07, 6.45) is 2.82. The van der Waals surface area contributed by atoms with E-state index in [1.807, 2.05) is 51.1 Å². The van der Waals surface area contributed by atoms with Gasteiger partial charge in [-0.15, -0.1) is 0 Å². The van der Waals surface area contributed by atoms with Gasteiger partial charge < -0.3 is 29.3 Å². The second kappa shape index (κ2) is 13.8. The molecule has 2 unspecified atom stereocenters. The van der Waals surface area contributed by atoms with Crippen molar-refractivity contribution in [3.63, 3.8) is 0 Å². The first-order chi connectivity index (χ1) is 21.1. The number of rotatable bonds is 7. The molecular weight excluding hydrogens is 562 g/mol. The molecule has 2 amide bonds. The van der Waals surface area contributed by atoms with E-state index < -0.39 is 23.8 Å². The van der Waals surface area contributed by atoms with Gasteiger partial charge in [0, 0.05) is 31.2 Å². The van der Waals surface area contributed by atoms with E-state index in [-0.39, 0.29) is 31.2 Å². The van der Waals surface area contributed by atoms with E-state index >= 15 is 0 Å². The van der Waals surface area contributed by atoms with Crippen LogP contribution in [0.25, 0.3) is 0 Å². The van der Waals surface area contributed by atoms with Crippen LogP contribution in [0.3, 0.4) is 0 Å². The second-order valence-electron chi connectivity index (χ2n) is 12.7. The van der Waals surface area contributed by atoms with Gasteiger partial charge in [0.05, 0.1) is 36.8 Å². The summed E-state index contributed by atoms with van der Waals surface area (Å²) in [5.41, 5.74) is 1.90. The highest BCUT2D eigenvalue weighted by atomic mass is 16.6. The first kappa shape index (κ1) is 31.5. The summed E-state index contributed by atoms with van der Waals surface area (Å²) in [5.74, 6) is 0.477. The molecule has 12 heteroatoms. The Morgan fingerprint density at radius 3 is 2.64 bits per heavy atom. The summed E-state index contributed by atoms with van der Waals surface area (Å²) >= 11 is 0. The molecule has 2 aromatic rings. The molecule has 1 aromatic carbocycles. The Hall–Kier alpha value is -3.95. The predicted octanol–water partition coefficient (Wildman–Crippen LogP) is 3.50. The van der Waals surface area contributed by atoms with Crippen LogP contribution in [0.15, 0.2) is 36.7 Å². The Kier molecular flexibility index (Phi) is 9.86. The number of piperazine rings is 1. The molecule has 1 N–H and O–H groups in total. The predicted molar refractivity (Wildman–Crippen MR) is 162 cm³/mol. The third-order valence-corrected chi connectivity index (χ3v) is 8.46. The first-order valence-electron chi connectivity index (χ1n) is 15.4. The van der Waals surface area contributed by atoms with Crippen LogP contribution >= 0.6 is 0 Å². The number of benzene rings is 1. The number of hydrogen-bond donors (Lipinski definition) is 1. The van der Waals surface area contributed by atoms with Crippen molar-refractivity contribution in [2.45, 2.75) is 89.4 Å². The first-order valence-corrected chi connectivity index (χ1v) is 15.4. The molecule has 3 aliphatic rings. The molecule has 3 aliphatic heterocycles. The van der Waals surface area contributed by atoms with Gasteiger partial charge in [-0.2, -0.15) is 5.26 Å². The topological polar surface area (TPSA) is 133 Å². The molecule has 5 rings (SSSR count). The van der Waals surface area contributed by atoms with E-state index in [9.17, 15) is 14.9 Å². The third-order valence-electron chi connectivity index (χ3n) is 8.46. The highest BCUT2D eigenvalue weighted by Gasteiger charge is 2.46. The van der Waals surface area contributed by atoms with E-state index in [0.717, 1.165) is 36.2 Å². The van der Waals surface area contributed by atoms with E-state index in [2.05, 4.69) is 33.3 Å². The third kappa shape index (κ3) is 7.39. The zero-order valence-electron chi connectivity index (χ0n) is 26.1. The maximum Gasteiger partial charge on any atom is 0.410 e. The fraction of sp³-hybridized carbons (Fsp3) is 0.594. The summed E-state index contributed by atoms with van der Waals surface area (Å²) < 4.78 is 18.1. The Morgan fingerprint density at radius 2 is 1.93 bits per heavy atom. The number of nitrogens with one attached hydrogen (secondary N) is 1. The summed E-state index contributed by atoms with van der Waals surface area (Å²) in [6, 6.07) is 11.1. The van der Waals surface area contributed by atoms with Gasteiger partial charge in [-0.3, -0.25) is 4.90 Å². The van der Waals surface area contributed by atoms with Gasteiger partial charge in [0.1, 0.15) is 24.6 Å². The van der Waals surface area contributed by atoms with Crippen molar-refractivity contribution in [1.29, 1.82) is 5.26 Å². The molecule has 0 aliphatic carbocycles. The van der Waals surface area contributed by atoms with E-state index in [1.54, 1.807) is 9.80 Å². The summed E-state index contributed by atoms with van der Waals surface area (Å²) in [4.78, 5) is 40.8. The van der Waals surface area contributed by atoms with Crippen molar-refractivity contribution in [1.82, 2.24) is 30.0 Å². The average Bonchev–Trinajstić information content (AvgIpc) is 3.43. The van der Waals surface area contributed by atoms with Gasteiger partial charge >= 0.3 is 12.2 Å².